The molecule has 0 spiro atoms. The van der Waals surface area contributed by atoms with Crippen molar-refractivity contribution in [1.29, 1.82) is 0 Å². The fourth-order valence-corrected chi connectivity index (χ4v) is 2.18. The van der Waals surface area contributed by atoms with Crippen LogP contribution in [0.3, 0.4) is 0 Å². The quantitative estimate of drug-likeness (QED) is 0.786. The highest BCUT2D eigenvalue weighted by Gasteiger charge is 2.22. The molecule has 1 aromatic heterocycles. The monoisotopic (exact) mass is 351 g/mol. The van der Waals surface area contributed by atoms with Crippen molar-refractivity contribution in [2.24, 2.45) is 0 Å². The van der Waals surface area contributed by atoms with Gasteiger partial charge in [0.25, 0.3) is 0 Å². The van der Waals surface area contributed by atoms with Gasteiger partial charge >= 0.3 is 5.97 Å². The molecule has 0 aliphatic carbocycles. The number of amides is 1. The van der Waals surface area contributed by atoms with Gasteiger partial charge in [0.1, 0.15) is 6.54 Å². The summed E-state index contributed by atoms with van der Waals surface area (Å²) < 4.78 is 0. The number of aromatic nitrogens is 4. The second-order valence-electron chi connectivity index (χ2n) is 5.98. The number of tetrazole rings is 1. The Morgan fingerprint density at radius 1 is 1.29 bits per heavy atom. The molecule has 0 saturated heterocycles. The number of carbonyl (C=O) groups is 2. The molecular weight excluding hydrogens is 334 g/mol. The van der Waals surface area contributed by atoms with Crippen molar-refractivity contribution in [3.8, 4) is 11.4 Å². The van der Waals surface area contributed by atoms with Gasteiger partial charge in [0.05, 0.1) is 0 Å². The van der Waals surface area contributed by atoms with E-state index in [1.165, 1.54) is 4.80 Å². The maximum absolute atomic E-state index is 12.1. The Kier molecular flexibility index (Phi) is 5.50. The third-order valence-corrected chi connectivity index (χ3v) is 3.53. The predicted octanol–water partition coefficient (Wildman–Crippen LogP) is 1.75. The van der Waals surface area contributed by atoms with Crippen molar-refractivity contribution in [3.05, 3.63) is 29.3 Å². The maximum atomic E-state index is 12.1. The lowest BCUT2D eigenvalue weighted by atomic mass is 9.98. The van der Waals surface area contributed by atoms with E-state index >= 15 is 0 Å². The van der Waals surface area contributed by atoms with Crippen LogP contribution < -0.4 is 5.32 Å². The molecule has 0 atom stereocenters. The molecule has 1 amide bonds. The number of nitrogens with zero attached hydrogens (tertiary/aromatic N) is 4. The smallest absolute Gasteiger partial charge is 0.303 e. The van der Waals surface area contributed by atoms with Crippen molar-refractivity contribution < 1.29 is 14.7 Å². The summed E-state index contributed by atoms with van der Waals surface area (Å²) >= 11 is 5.83. The van der Waals surface area contributed by atoms with E-state index in [1.807, 2.05) is 0 Å². The van der Waals surface area contributed by atoms with Gasteiger partial charge in [-0.15, -0.1) is 10.2 Å². The minimum Gasteiger partial charge on any atom is -0.481 e. The molecule has 2 aromatic rings. The van der Waals surface area contributed by atoms with E-state index in [2.05, 4.69) is 20.7 Å². The molecule has 1 aromatic carbocycles. The number of carboxylic acid groups (broad SMARTS) is 1. The van der Waals surface area contributed by atoms with E-state index in [1.54, 1.807) is 38.1 Å². The summed E-state index contributed by atoms with van der Waals surface area (Å²) in [7, 11) is 0. The first-order valence-electron chi connectivity index (χ1n) is 7.32. The van der Waals surface area contributed by atoms with Crippen molar-refractivity contribution in [2.45, 2.75) is 38.8 Å². The van der Waals surface area contributed by atoms with Crippen molar-refractivity contribution in [2.75, 3.05) is 0 Å². The molecule has 2 N–H and O–H groups in total. The van der Waals surface area contributed by atoms with Gasteiger partial charge in [-0.1, -0.05) is 11.6 Å². The number of carbonyl (C=O) groups excluding carboxylic acids is 1. The van der Waals surface area contributed by atoms with Gasteiger partial charge in [-0.3, -0.25) is 9.59 Å². The Morgan fingerprint density at radius 2 is 1.96 bits per heavy atom. The predicted molar refractivity (Wildman–Crippen MR) is 87.4 cm³/mol. The van der Waals surface area contributed by atoms with Crippen LogP contribution in [-0.2, 0) is 16.1 Å². The van der Waals surface area contributed by atoms with Crippen LogP contribution in [-0.4, -0.2) is 42.7 Å². The van der Waals surface area contributed by atoms with E-state index in [0.717, 1.165) is 5.56 Å². The Balaban J connectivity index is 1.95. The van der Waals surface area contributed by atoms with E-state index in [9.17, 15) is 9.59 Å². The zero-order chi connectivity index (χ0) is 17.7. The zero-order valence-corrected chi connectivity index (χ0v) is 14.1. The van der Waals surface area contributed by atoms with E-state index in [0.29, 0.717) is 17.3 Å². The van der Waals surface area contributed by atoms with Crippen molar-refractivity contribution in [1.82, 2.24) is 25.5 Å². The molecule has 128 valence electrons. The SMILES string of the molecule is CC(C)(CCC(=O)O)NC(=O)Cn1nnc(-c2ccc(Cl)cc2)n1. The molecule has 24 heavy (non-hydrogen) atoms. The second-order valence-corrected chi connectivity index (χ2v) is 6.41. The summed E-state index contributed by atoms with van der Waals surface area (Å²) in [6.07, 6.45) is 0.310. The molecule has 0 bridgehead atoms. The number of hydrogen-bond acceptors (Lipinski definition) is 5. The van der Waals surface area contributed by atoms with E-state index in [-0.39, 0.29) is 18.9 Å². The Labute approximate surface area is 143 Å². The summed E-state index contributed by atoms with van der Waals surface area (Å²) in [5, 5.41) is 24.0. The molecule has 8 nitrogen and oxygen atoms in total. The fourth-order valence-electron chi connectivity index (χ4n) is 2.05. The van der Waals surface area contributed by atoms with Crippen molar-refractivity contribution in [3.63, 3.8) is 0 Å². The Morgan fingerprint density at radius 3 is 2.58 bits per heavy atom. The molecule has 0 unspecified atom stereocenters. The van der Waals surface area contributed by atoms with E-state index in [4.69, 9.17) is 16.7 Å². The number of halogens is 1. The zero-order valence-electron chi connectivity index (χ0n) is 13.4. The van der Waals surface area contributed by atoms with Gasteiger partial charge in [0, 0.05) is 22.5 Å². The standard InChI is InChI=1S/C15H18ClN5O3/c1-15(2,8-7-13(23)24)17-12(22)9-21-19-14(18-20-21)10-3-5-11(16)6-4-10/h3-6H,7-9H2,1-2H3,(H,17,22)(H,23,24). The number of nitrogens with one attached hydrogen (secondary N) is 1. The topological polar surface area (TPSA) is 110 Å². The van der Waals surface area contributed by atoms with Crippen LogP contribution in [0.4, 0.5) is 0 Å². The highest BCUT2D eigenvalue weighted by molar-refractivity contribution is 6.30. The molecule has 0 saturated carbocycles. The molecule has 0 radical (unpaired) electrons. The van der Waals surface area contributed by atoms with Crippen LogP contribution in [0.1, 0.15) is 26.7 Å². The van der Waals surface area contributed by atoms with Gasteiger partial charge in [0.15, 0.2) is 0 Å². The molecule has 9 heteroatoms. The lowest BCUT2D eigenvalue weighted by Gasteiger charge is -2.25. The van der Waals surface area contributed by atoms with Gasteiger partial charge in [-0.25, -0.2) is 0 Å². The number of aliphatic carboxylic acids is 1. The third-order valence-electron chi connectivity index (χ3n) is 3.28. The summed E-state index contributed by atoms with van der Waals surface area (Å²) in [6, 6.07) is 6.96. The molecule has 0 aliphatic rings. The van der Waals surface area contributed by atoms with Gasteiger partial charge < -0.3 is 10.4 Å². The van der Waals surface area contributed by atoms with Gasteiger partial charge in [0.2, 0.25) is 11.7 Å². The first-order chi connectivity index (χ1) is 11.2. The van der Waals surface area contributed by atoms with Gasteiger partial charge in [-0.2, -0.15) is 4.80 Å². The minimum absolute atomic E-state index is 0.0183. The van der Waals surface area contributed by atoms with Crippen LogP contribution >= 0.6 is 11.6 Å². The fraction of sp³-hybridized carbons (Fsp3) is 0.400. The van der Waals surface area contributed by atoms with Gasteiger partial charge in [-0.05, 0) is 49.7 Å². The second kappa shape index (κ2) is 7.39. The molecule has 2 rings (SSSR count). The third kappa shape index (κ3) is 5.31. The largest absolute Gasteiger partial charge is 0.481 e. The molecule has 0 fully saturated rings. The maximum Gasteiger partial charge on any atom is 0.303 e. The Hall–Kier alpha value is -2.48. The summed E-state index contributed by atoms with van der Waals surface area (Å²) in [4.78, 5) is 23.9. The van der Waals surface area contributed by atoms with E-state index < -0.39 is 11.5 Å². The highest BCUT2D eigenvalue weighted by atomic mass is 35.5. The van der Waals surface area contributed by atoms with Crippen LogP contribution in [0.15, 0.2) is 24.3 Å². The number of benzene rings is 1. The van der Waals surface area contributed by atoms with Crippen LogP contribution in [0.2, 0.25) is 5.02 Å². The summed E-state index contributed by atoms with van der Waals surface area (Å²) in [5.41, 5.74) is 0.113. The number of carboxylic acids is 1. The number of rotatable bonds is 7. The molecular formula is C15H18ClN5O3. The molecule has 1 heterocycles. The van der Waals surface area contributed by atoms with Crippen molar-refractivity contribution >= 4 is 23.5 Å². The average Bonchev–Trinajstić information content (AvgIpc) is 2.94. The lowest BCUT2D eigenvalue weighted by Crippen LogP contribution is -2.45. The first kappa shape index (κ1) is 17.9. The molecule has 0 aliphatic heterocycles. The lowest BCUT2D eigenvalue weighted by molar-refractivity contribution is -0.137. The van der Waals surface area contributed by atoms with Crippen LogP contribution in [0, 0.1) is 0 Å². The first-order valence-corrected chi connectivity index (χ1v) is 7.69. The Bertz CT molecular complexity index is 727. The highest BCUT2D eigenvalue weighted by Crippen LogP contribution is 2.17. The summed E-state index contributed by atoms with van der Waals surface area (Å²) in [5.74, 6) is -0.821. The summed E-state index contributed by atoms with van der Waals surface area (Å²) in [6.45, 7) is 3.43. The van der Waals surface area contributed by atoms with Crippen LogP contribution in [0.5, 0.6) is 0 Å². The minimum atomic E-state index is -0.900. The average molecular weight is 352 g/mol. The number of hydrogen-bond donors (Lipinski definition) is 2. The normalized spacial score (nSPS) is 11.3. The van der Waals surface area contributed by atoms with Crippen LogP contribution in [0.25, 0.3) is 11.4 Å².